The summed E-state index contributed by atoms with van der Waals surface area (Å²) in [6.07, 6.45) is -0.343. The second-order valence-electron chi connectivity index (χ2n) is 9.13. The van der Waals surface area contributed by atoms with Crippen LogP contribution in [0.15, 0.2) is 64.0 Å². The lowest BCUT2D eigenvalue weighted by molar-refractivity contribution is -0.118. The Bertz CT molecular complexity index is 1680. The second-order valence-corrected chi connectivity index (χ2v) is 12.9. The van der Waals surface area contributed by atoms with E-state index in [0.29, 0.717) is 26.0 Å². The third-order valence-electron chi connectivity index (χ3n) is 5.99. The van der Waals surface area contributed by atoms with Crippen molar-refractivity contribution in [1.82, 2.24) is 15.0 Å². The van der Waals surface area contributed by atoms with E-state index in [9.17, 15) is 28.2 Å². The number of aryl methyl sites for hydroxylation is 1. The molecule has 0 spiro atoms. The Morgan fingerprint density at radius 3 is 2.49 bits per heavy atom. The first kappa shape index (κ1) is 30.7. The minimum atomic E-state index is -3.87. The number of thiophene rings is 1. The van der Waals surface area contributed by atoms with Gasteiger partial charge in [-0.05, 0) is 61.9 Å². The highest BCUT2D eigenvalue weighted by Crippen LogP contribution is 2.36. The molecule has 0 saturated carbocycles. The predicted octanol–water partition coefficient (Wildman–Crippen LogP) is 5.01. The summed E-state index contributed by atoms with van der Waals surface area (Å²) in [6, 6.07) is 10.9. The van der Waals surface area contributed by atoms with Gasteiger partial charge >= 0.3 is 0 Å². The number of aromatic nitrogens is 1. The van der Waals surface area contributed by atoms with Crippen molar-refractivity contribution in [3.05, 3.63) is 86.0 Å². The largest absolute Gasteiger partial charge is 0.508 e. The number of ketones is 1. The number of oxazole rings is 1. The molecule has 0 bridgehead atoms. The number of aliphatic hydroxyl groups excluding tert-OH is 1. The van der Waals surface area contributed by atoms with E-state index in [0.717, 1.165) is 11.3 Å². The van der Waals surface area contributed by atoms with E-state index in [4.69, 9.17) is 27.6 Å². The van der Waals surface area contributed by atoms with Gasteiger partial charge in [0.05, 0.1) is 37.6 Å². The zero-order chi connectivity index (χ0) is 29.9. The van der Waals surface area contributed by atoms with Crippen LogP contribution in [-0.2, 0) is 21.4 Å². The molecule has 0 aliphatic rings. The van der Waals surface area contributed by atoms with Gasteiger partial charge in [0.15, 0.2) is 11.9 Å². The summed E-state index contributed by atoms with van der Waals surface area (Å²) < 4.78 is 33.4. The summed E-state index contributed by atoms with van der Waals surface area (Å²) in [7, 11) is -3.87. The molecular weight excluding hydrogens is 613 g/mol. The Morgan fingerprint density at radius 1 is 1.12 bits per heavy atom. The van der Waals surface area contributed by atoms with E-state index >= 15 is 0 Å². The Morgan fingerprint density at radius 2 is 1.83 bits per heavy atom. The molecule has 4 rings (SSSR count). The number of Topliss-reactive ketones (excluding diaryl/α,β-unsaturated/α-hetero) is 1. The average molecular weight is 639 g/mol. The van der Waals surface area contributed by atoms with Crippen molar-refractivity contribution in [2.75, 3.05) is 0 Å². The van der Waals surface area contributed by atoms with Crippen molar-refractivity contribution in [2.45, 2.75) is 43.9 Å². The number of phenolic OH excluding ortho intramolecular Hbond substituents is 1. The van der Waals surface area contributed by atoms with Crippen LogP contribution < -0.4 is 10.0 Å². The number of rotatable bonds is 11. The molecule has 4 aromatic rings. The molecule has 2 heterocycles. The summed E-state index contributed by atoms with van der Waals surface area (Å²) in [6.45, 7) is 2.83. The third kappa shape index (κ3) is 7.34. The van der Waals surface area contributed by atoms with E-state index in [-0.39, 0.29) is 45.9 Å². The van der Waals surface area contributed by atoms with E-state index in [1.807, 2.05) is 0 Å². The predicted molar refractivity (Wildman–Crippen MR) is 155 cm³/mol. The number of carbonyl (C=O) groups is 2. The highest BCUT2D eigenvalue weighted by atomic mass is 35.5. The number of aliphatic hydroxyl groups is 1. The lowest BCUT2D eigenvalue weighted by Crippen LogP contribution is -2.40. The Labute approximate surface area is 250 Å². The fourth-order valence-electron chi connectivity index (χ4n) is 3.88. The minimum Gasteiger partial charge on any atom is -0.508 e. The van der Waals surface area contributed by atoms with Gasteiger partial charge in [-0.1, -0.05) is 29.3 Å². The zero-order valence-corrected chi connectivity index (χ0v) is 24.9. The Kier molecular flexibility index (Phi) is 9.52. The zero-order valence-electron chi connectivity index (χ0n) is 21.7. The molecule has 0 fully saturated rings. The number of amides is 1. The molecule has 0 aliphatic carbocycles. The molecule has 2 unspecified atom stereocenters. The van der Waals surface area contributed by atoms with E-state index in [2.05, 4.69) is 15.0 Å². The number of sulfonamides is 1. The molecule has 1 amide bonds. The van der Waals surface area contributed by atoms with E-state index in [1.165, 1.54) is 37.4 Å². The van der Waals surface area contributed by atoms with Crippen LogP contribution in [0.1, 0.15) is 45.5 Å². The molecule has 2 aromatic carbocycles. The SMILES string of the molecule is CC(=O)CC(NC(=O)c1ccc(CNS(=O)(=O)c2ccc(O)c(C)c2)s1)C(O)c1ncc(-c2c(Cl)cccc2Cl)o1. The molecule has 4 N–H and O–H groups in total. The van der Waals surface area contributed by atoms with Crippen LogP contribution in [0.4, 0.5) is 0 Å². The number of hydrogen-bond donors (Lipinski definition) is 4. The summed E-state index contributed by atoms with van der Waals surface area (Å²) >= 11 is 13.5. The van der Waals surface area contributed by atoms with Crippen LogP contribution in [0.2, 0.25) is 10.0 Å². The molecule has 2 atom stereocenters. The Balaban J connectivity index is 1.45. The van der Waals surface area contributed by atoms with Crippen LogP contribution >= 0.6 is 34.5 Å². The fraction of sp³-hybridized carbons (Fsp3) is 0.222. The van der Waals surface area contributed by atoms with Crippen molar-refractivity contribution >= 4 is 56.3 Å². The molecule has 10 nitrogen and oxygen atoms in total. The van der Waals surface area contributed by atoms with Crippen LogP contribution in [0, 0.1) is 6.92 Å². The van der Waals surface area contributed by atoms with E-state index in [1.54, 1.807) is 31.2 Å². The van der Waals surface area contributed by atoms with Crippen molar-refractivity contribution in [1.29, 1.82) is 0 Å². The van der Waals surface area contributed by atoms with Crippen LogP contribution in [-0.4, -0.2) is 41.3 Å². The maximum absolute atomic E-state index is 13.0. The van der Waals surface area contributed by atoms with Crippen molar-refractivity contribution in [2.24, 2.45) is 0 Å². The number of nitrogens with one attached hydrogen (secondary N) is 2. The van der Waals surface area contributed by atoms with Gasteiger partial charge < -0.3 is 19.9 Å². The number of nitrogens with zero attached hydrogens (tertiary/aromatic N) is 1. The van der Waals surface area contributed by atoms with Gasteiger partial charge in [0.1, 0.15) is 11.5 Å². The van der Waals surface area contributed by atoms with Gasteiger partial charge in [-0.15, -0.1) is 11.3 Å². The normalized spacial score (nSPS) is 13.1. The Hall–Kier alpha value is -3.26. The van der Waals surface area contributed by atoms with Gasteiger partial charge in [0, 0.05) is 17.8 Å². The molecule has 41 heavy (non-hydrogen) atoms. The summed E-state index contributed by atoms with van der Waals surface area (Å²) in [5.41, 5.74) is 0.801. The first-order valence-electron chi connectivity index (χ1n) is 12.1. The fourth-order valence-corrected chi connectivity index (χ4v) is 6.49. The highest BCUT2D eigenvalue weighted by Gasteiger charge is 2.29. The lowest BCUT2D eigenvalue weighted by Gasteiger charge is -2.21. The van der Waals surface area contributed by atoms with E-state index < -0.39 is 28.1 Å². The number of benzene rings is 2. The quantitative estimate of drug-likeness (QED) is 0.178. The number of phenols is 1. The first-order chi connectivity index (χ1) is 19.4. The number of hydrogen-bond acceptors (Lipinski definition) is 9. The maximum atomic E-state index is 13.0. The number of aromatic hydroxyl groups is 1. The van der Waals surface area contributed by atoms with Gasteiger partial charge in [-0.2, -0.15) is 0 Å². The van der Waals surface area contributed by atoms with Crippen molar-refractivity contribution in [3.63, 3.8) is 0 Å². The molecule has 0 aliphatic heterocycles. The first-order valence-corrected chi connectivity index (χ1v) is 15.2. The maximum Gasteiger partial charge on any atom is 0.261 e. The number of carbonyl (C=O) groups excluding carboxylic acids is 2. The average Bonchev–Trinajstić information content (AvgIpc) is 3.58. The second kappa shape index (κ2) is 12.7. The monoisotopic (exact) mass is 637 g/mol. The van der Waals surface area contributed by atoms with Gasteiger partial charge in [0.2, 0.25) is 15.9 Å². The van der Waals surface area contributed by atoms with Gasteiger partial charge in [0.25, 0.3) is 5.91 Å². The molecule has 0 radical (unpaired) electrons. The van der Waals surface area contributed by atoms with Crippen LogP contribution in [0.3, 0.4) is 0 Å². The third-order valence-corrected chi connectivity index (χ3v) is 9.10. The lowest BCUT2D eigenvalue weighted by atomic mass is 10.0. The van der Waals surface area contributed by atoms with Crippen LogP contribution in [0.25, 0.3) is 11.3 Å². The molecule has 216 valence electrons. The highest BCUT2D eigenvalue weighted by molar-refractivity contribution is 7.89. The smallest absolute Gasteiger partial charge is 0.261 e. The molecular formula is C27H25Cl2N3O7S2. The minimum absolute atomic E-state index is 0.00474. The molecule has 14 heteroatoms. The standard InChI is InChI=1S/C27H25Cl2N3O7S2/c1-14-10-17(7-8-21(14)34)41(37,38)31-12-16-6-9-23(40-16)26(36)32-20(11-15(2)33)25(35)27-30-13-22(39-27)24-18(28)4-3-5-19(24)29/h3-10,13,20,25,31,34-35H,11-12H2,1-2H3,(H,32,36). The van der Waals surface area contributed by atoms with Crippen LogP contribution in [0.5, 0.6) is 5.75 Å². The molecule has 0 saturated heterocycles. The molecule has 2 aromatic heterocycles. The van der Waals surface area contributed by atoms with Crippen molar-refractivity contribution in [3.8, 4) is 17.1 Å². The van der Waals surface area contributed by atoms with Gasteiger partial charge in [-0.3, -0.25) is 9.59 Å². The topological polar surface area (TPSA) is 159 Å². The number of halogens is 2. The summed E-state index contributed by atoms with van der Waals surface area (Å²) in [5.74, 6) is -0.825. The van der Waals surface area contributed by atoms with Gasteiger partial charge in [-0.25, -0.2) is 18.1 Å². The summed E-state index contributed by atoms with van der Waals surface area (Å²) in [5, 5.41) is 23.9. The summed E-state index contributed by atoms with van der Waals surface area (Å²) in [4.78, 5) is 29.8. The van der Waals surface area contributed by atoms with Crippen molar-refractivity contribution < 1.29 is 32.6 Å².